The molecule has 0 spiro atoms. The largest absolute Gasteiger partial charge is 0.369 e. The van der Waals surface area contributed by atoms with Crippen molar-refractivity contribution >= 4 is 11.8 Å². The van der Waals surface area contributed by atoms with Gasteiger partial charge in [-0.15, -0.1) is 0 Å². The zero-order chi connectivity index (χ0) is 18.1. The van der Waals surface area contributed by atoms with Gasteiger partial charge in [-0.2, -0.15) is 0 Å². The third kappa shape index (κ3) is 5.72. The maximum Gasteiger partial charge on any atom is 0.262 e. The summed E-state index contributed by atoms with van der Waals surface area (Å²) in [5, 5.41) is 10.6. The zero-order valence-electron chi connectivity index (χ0n) is 14.2. The molecule has 2 aromatic rings. The Labute approximate surface area is 148 Å². The Balaban J connectivity index is 1.79. The highest BCUT2D eigenvalue weighted by atomic mass is 16.5. The fraction of sp³-hybridized carbons (Fsp3) is 0.300. The average molecular weight is 340 g/mol. The molecule has 1 unspecified atom stereocenters. The molecule has 2 aromatic carbocycles. The molecule has 0 saturated carbocycles. The molecule has 0 aliphatic carbocycles. The van der Waals surface area contributed by atoms with E-state index >= 15 is 0 Å². The number of nitrogens with zero attached hydrogens (tertiary/aromatic N) is 1. The smallest absolute Gasteiger partial charge is 0.262 e. The second-order valence-corrected chi connectivity index (χ2v) is 6.00. The molecule has 0 fully saturated rings. The van der Waals surface area contributed by atoms with Crippen LogP contribution < -0.4 is 5.73 Å². The first kappa shape index (κ1) is 18.7. The third-order valence-electron chi connectivity index (χ3n) is 4.10. The maximum absolute atomic E-state index is 12.3. The van der Waals surface area contributed by atoms with E-state index in [2.05, 4.69) is 12.1 Å². The van der Waals surface area contributed by atoms with Gasteiger partial charge in [-0.05, 0) is 30.4 Å². The molecule has 2 rings (SSSR count). The molecular formula is C20H24N2O3. The van der Waals surface area contributed by atoms with Crippen molar-refractivity contribution in [2.45, 2.75) is 31.6 Å². The molecule has 0 bridgehead atoms. The summed E-state index contributed by atoms with van der Waals surface area (Å²) in [5.74, 6) is -2.60. The SMILES string of the molecule is NC(=O)C(C(=O)N(O)CCCCCc1ccccc1)c1ccccc1. The lowest BCUT2D eigenvalue weighted by molar-refractivity contribution is -0.168. The highest BCUT2D eigenvalue weighted by Gasteiger charge is 2.29. The Bertz CT molecular complexity index is 674. The molecule has 5 heteroatoms. The van der Waals surface area contributed by atoms with Crippen LogP contribution in [0.4, 0.5) is 0 Å². The van der Waals surface area contributed by atoms with E-state index in [0.29, 0.717) is 17.0 Å². The van der Waals surface area contributed by atoms with Gasteiger partial charge in [0, 0.05) is 6.54 Å². The molecule has 25 heavy (non-hydrogen) atoms. The van der Waals surface area contributed by atoms with E-state index in [9.17, 15) is 14.8 Å². The van der Waals surface area contributed by atoms with Gasteiger partial charge in [0.15, 0.2) is 0 Å². The van der Waals surface area contributed by atoms with Crippen LogP contribution in [0.1, 0.15) is 36.3 Å². The number of hydrogen-bond donors (Lipinski definition) is 2. The van der Waals surface area contributed by atoms with Crippen LogP contribution in [0.2, 0.25) is 0 Å². The number of nitrogens with two attached hydrogens (primary N) is 1. The van der Waals surface area contributed by atoms with Gasteiger partial charge in [0.2, 0.25) is 5.91 Å². The Morgan fingerprint density at radius 1 is 0.920 bits per heavy atom. The van der Waals surface area contributed by atoms with Crippen molar-refractivity contribution in [3.8, 4) is 0 Å². The minimum Gasteiger partial charge on any atom is -0.369 e. The number of carbonyl (C=O) groups is 2. The van der Waals surface area contributed by atoms with Crippen LogP contribution >= 0.6 is 0 Å². The van der Waals surface area contributed by atoms with Crippen LogP contribution in [0, 0.1) is 0 Å². The van der Waals surface area contributed by atoms with Crippen molar-refractivity contribution < 1.29 is 14.8 Å². The lowest BCUT2D eigenvalue weighted by atomic mass is 9.97. The first-order valence-corrected chi connectivity index (χ1v) is 8.48. The second-order valence-electron chi connectivity index (χ2n) is 6.00. The van der Waals surface area contributed by atoms with Gasteiger partial charge < -0.3 is 5.73 Å². The van der Waals surface area contributed by atoms with E-state index in [-0.39, 0.29) is 6.54 Å². The third-order valence-corrected chi connectivity index (χ3v) is 4.10. The normalized spacial score (nSPS) is 11.7. The summed E-state index contributed by atoms with van der Waals surface area (Å²) < 4.78 is 0. The lowest BCUT2D eigenvalue weighted by Crippen LogP contribution is -2.39. The van der Waals surface area contributed by atoms with E-state index in [1.807, 2.05) is 18.2 Å². The van der Waals surface area contributed by atoms with Crippen LogP contribution in [0.15, 0.2) is 60.7 Å². The van der Waals surface area contributed by atoms with Gasteiger partial charge in [0.1, 0.15) is 5.92 Å². The van der Waals surface area contributed by atoms with Gasteiger partial charge in [-0.1, -0.05) is 67.1 Å². The van der Waals surface area contributed by atoms with E-state index in [0.717, 1.165) is 19.3 Å². The number of unbranched alkanes of at least 4 members (excludes halogenated alkanes) is 2. The van der Waals surface area contributed by atoms with Crippen molar-refractivity contribution in [1.29, 1.82) is 0 Å². The molecule has 0 radical (unpaired) electrons. The Morgan fingerprint density at radius 3 is 2.12 bits per heavy atom. The fourth-order valence-electron chi connectivity index (χ4n) is 2.75. The van der Waals surface area contributed by atoms with Crippen LogP contribution in [0.5, 0.6) is 0 Å². The lowest BCUT2D eigenvalue weighted by Gasteiger charge is -2.20. The number of primary amides is 1. The monoisotopic (exact) mass is 340 g/mol. The van der Waals surface area contributed by atoms with Crippen molar-refractivity contribution in [3.63, 3.8) is 0 Å². The quantitative estimate of drug-likeness (QED) is 0.319. The Hall–Kier alpha value is -2.66. The molecule has 1 atom stereocenters. The predicted octanol–water partition coefficient (Wildman–Crippen LogP) is 2.89. The van der Waals surface area contributed by atoms with Crippen molar-refractivity contribution in [2.24, 2.45) is 5.73 Å². The Morgan fingerprint density at radius 2 is 1.52 bits per heavy atom. The van der Waals surface area contributed by atoms with E-state index < -0.39 is 17.7 Å². The molecule has 3 N–H and O–H groups in total. The molecule has 2 amide bonds. The predicted molar refractivity (Wildman–Crippen MR) is 95.9 cm³/mol. The number of amides is 2. The minimum absolute atomic E-state index is 0.185. The molecule has 132 valence electrons. The topological polar surface area (TPSA) is 83.6 Å². The maximum atomic E-state index is 12.3. The number of aryl methyl sites for hydroxylation is 1. The van der Waals surface area contributed by atoms with Crippen molar-refractivity contribution in [1.82, 2.24) is 5.06 Å². The molecule has 5 nitrogen and oxygen atoms in total. The fourth-order valence-corrected chi connectivity index (χ4v) is 2.75. The van der Waals surface area contributed by atoms with Crippen LogP contribution in [0.3, 0.4) is 0 Å². The highest BCUT2D eigenvalue weighted by Crippen LogP contribution is 2.18. The standard InChI is InChI=1S/C20H24N2O3/c21-19(23)18(17-13-7-2-8-14-17)20(24)22(25)15-9-3-6-12-16-10-4-1-5-11-16/h1-2,4-5,7-8,10-11,13-14,18,25H,3,6,9,12,15H2,(H2,21,23). The van der Waals surface area contributed by atoms with E-state index in [1.165, 1.54) is 5.56 Å². The number of rotatable bonds is 9. The first-order chi connectivity index (χ1) is 12.1. The number of benzene rings is 2. The molecule has 0 heterocycles. The average Bonchev–Trinajstić information content (AvgIpc) is 2.63. The highest BCUT2D eigenvalue weighted by molar-refractivity contribution is 6.04. The molecule has 0 aliphatic rings. The van der Waals surface area contributed by atoms with Gasteiger partial charge in [0.25, 0.3) is 5.91 Å². The van der Waals surface area contributed by atoms with Crippen molar-refractivity contribution in [3.05, 3.63) is 71.8 Å². The van der Waals surface area contributed by atoms with Gasteiger partial charge in [-0.3, -0.25) is 14.8 Å². The van der Waals surface area contributed by atoms with Gasteiger partial charge in [0.05, 0.1) is 0 Å². The number of hydrogen-bond acceptors (Lipinski definition) is 3. The summed E-state index contributed by atoms with van der Waals surface area (Å²) in [6.07, 6.45) is 3.49. The van der Waals surface area contributed by atoms with Gasteiger partial charge in [-0.25, -0.2) is 5.06 Å². The summed E-state index contributed by atoms with van der Waals surface area (Å²) in [6, 6.07) is 18.7. The summed E-state index contributed by atoms with van der Waals surface area (Å²) >= 11 is 0. The summed E-state index contributed by atoms with van der Waals surface area (Å²) in [4.78, 5) is 24.0. The second kappa shape index (κ2) is 9.59. The zero-order valence-corrected chi connectivity index (χ0v) is 14.2. The Kier molecular flexibility index (Phi) is 7.16. The number of hydroxylamine groups is 2. The summed E-state index contributed by atoms with van der Waals surface area (Å²) in [7, 11) is 0. The molecule has 0 saturated heterocycles. The van der Waals surface area contributed by atoms with E-state index in [4.69, 9.17) is 5.73 Å². The van der Waals surface area contributed by atoms with Crippen molar-refractivity contribution in [2.75, 3.05) is 6.54 Å². The molecule has 0 aromatic heterocycles. The van der Waals surface area contributed by atoms with E-state index in [1.54, 1.807) is 30.3 Å². The minimum atomic E-state index is -1.16. The van der Waals surface area contributed by atoms with Crippen LogP contribution in [0.25, 0.3) is 0 Å². The first-order valence-electron chi connectivity index (χ1n) is 8.48. The number of carbonyl (C=O) groups excluding carboxylic acids is 2. The molecular weight excluding hydrogens is 316 g/mol. The molecule has 0 aliphatic heterocycles. The van der Waals surface area contributed by atoms with Crippen LogP contribution in [-0.4, -0.2) is 28.6 Å². The van der Waals surface area contributed by atoms with Gasteiger partial charge >= 0.3 is 0 Å². The van der Waals surface area contributed by atoms with Crippen LogP contribution in [-0.2, 0) is 16.0 Å². The summed E-state index contributed by atoms with van der Waals surface area (Å²) in [5.41, 5.74) is 7.11. The summed E-state index contributed by atoms with van der Waals surface area (Å²) in [6.45, 7) is 0.185.